The molecular formula is C5H6N+. The molecule has 2 fully saturated rings. The Labute approximate surface area is 36.5 Å². The van der Waals surface area contributed by atoms with Crippen LogP contribution in [0.2, 0.25) is 0 Å². The van der Waals surface area contributed by atoms with Gasteiger partial charge in [0.25, 0.3) is 0 Å². The molecule has 6 heavy (non-hydrogen) atoms. The van der Waals surface area contributed by atoms with Gasteiger partial charge in [0.1, 0.15) is 6.54 Å². The third kappa shape index (κ3) is 0.0523. The van der Waals surface area contributed by atoms with Crippen LogP contribution in [0.3, 0.4) is 0 Å². The molecule has 0 radical (unpaired) electrons. The Morgan fingerprint density at radius 1 is 1.67 bits per heavy atom. The molecule has 1 spiro atoms. The van der Waals surface area contributed by atoms with E-state index in [4.69, 9.17) is 0 Å². The first-order valence-corrected chi connectivity index (χ1v) is 2.50. The summed E-state index contributed by atoms with van der Waals surface area (Å²) in [5.74, 6) is 0. The van der Waals surface area contributed by atoms with Crippen molar-refractivity contribution in [1.82, 2.24) is 0 Å². The largest absolute Gasteiger partial charge is 0.269 e. The van der Waals surface area contributed by atoms with Crippen molar-refractivity contribution in [2.75, 3.05) is 6.54 Å². The van der Waals surface area contributed by atoms with Crippen LogP contribution in [0, 0.1) is 0 Å². The molecule has 0 amide bonds. The normalized spacial score (nSPS) is 77.3. The van der Waals surface area contributed by atoms with E-state index in [0.29, 0.717) is 0 Å². The lowest BCUT2D eigenvalue weighted by molar-refractivity contribution is -0.672. The number of hydrogen-bond donors (Lipinski definition) is 0. The summed E-state index contributed by atoms with van der Waals surface area (Å²) in [6.07, 6.45) is 4.66. The zero-order valence-electron chi connectivity index (χ0n) is 3.46. The molecule has 3 heterocycles. The topological polar surface area (TPSA) is 0 Å². The summed E-state index contributed by atoms with van der Waals surface area (Å²) in [7, 11) is 0. The van der Waals surface area contributed by atoms with Gasteiger partial charge in [0.05, 0.1) is 6.20 Å². The fourth-order valence-electron chi connectivity index (χ4n) is 1.58. The molecule has 0 N–H and O–H groups in total. The van der Waals surface area contributed by atoms with Crippen molar-refractivity contribution in [2.24, 2.45) is 0 Å². The Kier molecular flexibility index (Phi) is 0.105. The molecule has 0 saturated carbocycles. The van der Waals surface area contributed by atoms with Gasteiger partial charge in [-0.25, -0.2) is 0 Å². The van der Waals surface area contributed by atoms with Crippen LogP contribution in [-0.2, 0) is 0 Å². The standard InChI is InChI=1S/C5H6N/c1-2-6-3-5(6)4(1)6/h1-2,4-5H,3H2/q+1. The summed E-state index contributed by atoms with van der Waals surface area (Å²) < 4.78 is 1.40. The molecule has 3 unspecified atom stereocenters. The molecule has 0 aromatic rings. The van der Waals surface area contributed by atoms with Crippen molar-refractivity contribution in [3.05, 3.63) is 12.3 Å². The van der Waals surface area contributed by atoms with Crippen molar-refractivity contribution in [1.29, 1.82) is 0 Å². The van der Waals surface area contributed by atoms with Gasteiger partial charge in [-0.3, -0.25) is 4.48 Å². The van der Waals surface area contributed by atoms with Crippen molar-refractivity contribution in [2.45, 2.75) is 12.1 Å². The number of fused-ring (bicyclic) bond motifs is 1. The van der Waals surface area contributed by atoms with Gasteiger partial charge in [-0.15, -0.1) is 0 Å². The van der Waals surface area contributed by atoms with Crippen LogP contribution < -0.4 is 0 Å². The second kappa shape index (κ2) is 0.298. The minimum Gasteiger partial charge on any atom is -0.269 e. The lowest BCUT2D eigenvalue weighted by atomic mass is 10.2. The molecular weight excluding hydrogens is 74.1 g/mol. The first kappa shape index (κ1) is 2.12. The Morgan fingerprint density at radius 3 is 2.50 bits per heavy atom. The van der Waals surface area contributed by atoms with Crippen LogP contribution >= 0.6 is 0 Å². The molecule has 3 atom stereocenters. The number of quaternary nitrogens is 1. The summed E-state index contributed by atoms with van der Waals surface area (Å²) in [4.78, 5) is 0. The maximum atomic E-state index is 2.33. The molecule has 0 aromatic heterocycles. The van der Waals surface area contributed by atoms with Crippen LogP contribution in [-0.4, -0.2) is 23.1 Å². The fourth-order valence-corrected chi connectivity index (χ4v) is 1.58. The monoisotopic (exact) mass is 80.0 g/mol. The maximum Gasteiger partial charge on any atom is 0.201 e. The van der Waals surface area contributed by atoms with Crippen LogP contribution in [0.1, 0.15) is 0 Å². The molecule has 0 aromatic carbocycles. The van der Waals surface area contributed by atoms with Gasteiger partial charge >= 0.3 is 0 Å². The molecule has 3 aliphatic rings. The molecule has 1 nitrogen and oxygen atoms in total. The van der Waals surface area contributed by atoms with Gasteiger partial charge < -0.3 is 0 Å². The highest BCUT2D eigenvalue weighted by molar-refractivity contribution is 5.23. The first-order valence-electron chi connectivity index (χ1n) is 2.50. The van der Waals surface area contributed by atoms with Crippen LogP contribution in [0.5, 0.6) is 0 Å². The highest BCUT2D eigenvalue weighted by Gasteiger charge is 2.86. The summed E-state index contributed by atoms with van der Waals surface area (Å²) in [5.41, 5.74) is 0. The summed E-state index contributed by atoms with van der Waals surface area (Å²) in [6, 6.07) is 2.13. The van der Waals surface area contributed by atoms with Gasteiger partial charge in [0.2, 0.25) is 6.04 Å². The maximum absolute atomic E-state index is 2.33. The van der Waals surface area contributed by atoms with E-state index in [1.165, 1.54) is 11.0 Å². The minimum absolute atomic E-state index is 1.03. The van der Waals surface area contributed by atoms with E-state index in [1.54, 1.807) is 0 Å². The Hall–Kier alpha value is -0.300. The SMILES string of the molecule is C1=C[N+]23CC2C13. The van der Waals surface area contributed by atoms with E-state index in [0.717, 1.165) is 12.1 Å². The van der Waals surface area contributed by atoms with Crippen molar-refractivity contribution in [3.63, 3.8) is 0 Å². The smallest absolute Gasteiger partial charge is 0.201 e. The average Bonchev–Trinajstić information content (AvgIpc) is 2.22. The van der Waals surface area contributed by atoms with E-state index >= 15 is 0 Å². The van der Waals surface area contributed by atoms with Crippen LogP contribution in [0.15, 0.2) is 12.3 Å². The average molecular weight is 80.1 g/mol. The number of nitrogens with zero attached hydrogens (tertiary/aromatic N) is 1. The summed E-state index contributed by atoms with van der Waals surface area (Å²) in [5, 5.41) is 0. The van der Waals surface area contributed by atoms with Crippen LogP contribution in [0.25, 0.3) is 0 Å². The van der Waals surface area contributed by atoms with Crippen molar-refractivity contribution in [3.8, 4) is 0 Å². The van der Waals surface area contributed by atoms with E-state index < -0.39 is 0 Å². The van der Waals surface area contributed by atoms with Gasteiger partial charge in [-0.2, -0.15) is 0 Å². The Bertz CT molecular complexity index is 150. The molecule has 3 aliphatic heterocycles. The van der Waals surface area contributed by atoms with E-state index in [1.807, 2.05) is 0 Å². The second-order valence-electron chi connectivity index (χ2n) is 2.58. The quantitative estimate of drug-likeness (QED) is 0.286. The molecule has 0 aliphatic carbocycles. The van der Waals surface area contributed by atoms with Crippen LogP contribution in [0.4, 0.5) is 0 Å². The van der Waals surface area contributed by atoms with E-state index in [9.17, 15) is 0 Å². The zero-order chi connectivity index (χ0) is 3.78. The lowest BCUT2D eigenvalue weighted by Gasteiger charge is -2.06. The summed E-state index contributed by atoms with van der Waals surface area (Å²) in [6.45, 7) is 1.47. The summed E-state index contributed by atoms with van der Waals surface area (Å²) >= 11 is 0. The predicted octanol–water partition coefficient (Wildman–Crippen LogP) is 0.0949. The second-order valence-corrected chi connectivity index (χ2v) is 2.58. The Morgan fingerprint density at radius 2 is 2.50 bits per heavy atom. The number of rotatable bonds is 0. The van der Waals surface area contributed by atoms with Gasteiger partial charge in [-0.05, 0) is 0 Å². The van der Waals surface area contributed by atoms with E-state index in [-0.39, 0.29) is 0 Å². The highest BCUT2D eigenvalue weighted by atomic mass is 15.7. The fraction of sp³-hybridized carbons (Fsp3) is 0.600. The molecule has 2 saturated heterocycles. The number of hydrogen-bond acceptors (Lipinski definition) is 0. The minimum atomic E-state index is 1.03. The van der Waals surface area contributed by atoms with Gasteiger partial charge in [0, 0.05) is 6.08 Å². The molecule has 0 bridgehead atoms. The highest BCUT2D eigenvalue weighted by Crippen LogP contribution is 2.62. The zero-order valence-corrected chi connectivity index (χ0v) is 3.46. The van der Waals surface area contributed by atoms with Crippen molar-refractivity contribution < 1.29 is 4.48 Å². The molecule has 30 valence electrons. The van der Waals surface area contributed by atoms with E-state index in [2.05, 4.69) is 12.3 Å². The first-order chi connectivity index (χ1) is 2.93. The molecule has 1 heteroatoms. The third-order valence-corrected chi connectivity index (χ3v) is 2.41. The predicted molar refractivity (Wildman–Crippen MR) is 21.8 cm³/mol. The van der Waals surface area contributed by atoms with Gasteiger partial charge in [-0.1, -0.05) is 0 Å². The molecule has 3 rings (SSSR count). The third-order valence-electron chi connectivity index (χ3n) is 2.41. The lowest BCUT2D eigenvalue weighted by Crippen LogP contribution is -2.21. The van der Waals surface area contributed by atoms with Gasteiger partial charge in [0.15, 0.2) is 6.04 Å². The van der Waals surface area contributed by atoms with Crippen molar-refractivity contribution >= 4 is 0 Å². The Balaban J connectivity index is 2.39.